The summed E-state index contributed by atoms with van der Waals surface area (Å²) in [5.74, 6) is -0.116. The van der Waals surface area contributed by atoms with E-state index in [1.165, 1.54) is 17.6 Å². The lowest BCUT2D eigenvalue weighted by Crippen LogP contribution is -2.21. The molecule has 9 nitrogen and oxygen atoms in total. The van der Waals surface area contributed by atoms with E-state index in [0.29, 0.717) is 23.5 Å². The van der Waals surface area contributed by atoms with Crippen LogP contribution in [0.4, 0.5) is 16.5 Å². The first kappa shape index (κ1) is 32.2. The molecule has 0 saturated heterocycles. The molecule has 11 heteroatoms. The Morgan fingerprint density at radius 2 is 1.76 bits per heavy atom. The molecule has 0 aliphatic carbocycles. The number of hydrazone groups is 1. The topological polar surface area (TPSA) is 114 Å². The van der Waals surface area contributed by atoms with Gasteiger partial charge in [-0.2, -0.15) is 5.10 Å². The van der Waals surface area contributed by atoms with E-state index in [1.54, 1.807) is 24.3 Å². The van der Waals surface area contributed by atoms with Crippen molar-refractivity contribution in [1.29, 1.82) is 0 Å². The Morgan fingerprint density at radius 1 is 0.978 bits per heavy atom. The van der Waals surface area contributed by atoms with Crippen LogP contribution in [0.3, 0.4) is 0 Å². The fourth-order valence-electron chi connectivity index (χ4n) is 4.39. The molecule has 2 amide bonds. The highest BCUT2D eigenvalue weighted by Crippen LogP contribution is 2.36. The van der Waals surface area contributed by atoms with Crippen LogP contribution in [0.5, 0.6) is 11.5 Å². The van der Waals surface area contributed by atoms with Gasteiger partial charge >= 0.3 is 0 Å². The Hall–Kier alpha value is -5.19. The van der Waals surface area contributed by atoms with E-state index >= 15 is 0 Å². The zero-order valence-corrected chi connectivity index (χ0v) is 27.0. The molecule has 0 aliphatic heterocycles. The largest absolute Gasteiger partial charge is 0.490 e. The van der Waals surface area contributed by atoms with E-state index in [1.807, 2.05) is 86.8 Å². The van der Waals surface area contributed by atoms with Crippen LogP contribution >= 0.6 is 22.9 Å². The number of hydrogen-bond donors (Lipinski definition) is 3. The maximum atomic E-state index is 12.7. The van der Waals surface area contributed by atoms with Crippen molar-refractivity contribution in [3.8, 4) is 22.8 Å². The Kier molecular flexibility index (Phi) is 10.6. The van der Waals surface area contributed by atoms with E-state index in [0.717, 1.165) is 38.9 Å². The van der Waals surface area contributed by atoms with Gasteiger partial charge in [0.2, 0.25) is 0 Å². The summed E-state index contributed by atoms with van der Waals surface area (Å²) in [5.41, 5.74) is 8.91. The molecule has 0 unspecified atom stereocenters. The summed E-state index contributed by atoms with van der Waals surface area (Å²) in [7, 11) is 0. The number of aryl methyl sites for hydroxylation is 2. The maximum Gasteiger partial charge on any atom is 0.271 e. The van der Waals surface area contributed by atoms with Crippen LogP contribution in [-0.4, -0.2) is 36.2 Å². The van der Waals surface area contributed by atoms with Gasteiger partial charge in [0.25, 0.3) is 11.8 Å². The molecule has 1 aromatic heterocycles. The van der Waals surface area contributed by atoms with Crippen molar-refractivity contribution >= 4 is 57.5 Å². The number of carbonyl (C=O) groups is 2. The van der Waals surface area contributed by atoms with Crippen molar-refractivity contribution in [3.05, 3.63) is 118 Å². The Balaban J connectivity index is 1.18. The number of para-hydroxylation sites is 1. The first-order valence-electron chi connectivity index (χ1n) is 14.5. The summed E-state index contributed by atoms with van der Waals surface area (Å²) in [6, 6.07) is 26.1. The number of ether oxygens (including phenoxy) is 2. The van der Waals surface area contributed by atoms with E-state index in [2.05, 4.69) is 26.1 Å². The monoisotopic (exact) mass is 653 g/mol. The minimum atomic E-state index is -0.376. The number of benzene rings is 4. The molecule has 3 N–H and O–H groups in total. The second-order valence-corrected chi connectivity index (χ2v) is 11.5. The third-order valence-corrected chi connectivity index (χ3v) is 7.74. The first-order valence-corrected chi connectivity index (χ1v) is 15.7. The lowest BCUT2D eigenvalue weighted by atomic mass is 10.1. The molecule has 5 rings (SSSR count). The maximum absolute atomic E-state index is 12.7. The third-order valence-electron chi connectivity index (χ3n) is 6.70. The molecule has 0 spiro atoms. The summed E-state index contributed by atoms with van der Waals surface area (Å²) in [4.78, 5) is 30.0. The summed E-state index contributed by atoms with van der Waals surface area (Å²) >= 11 is 8.02. The second kappa shape index (κ2) is 15.2. The number of carbonyl (C=O) groups excluding carboxylic acids is 2. The van der Waals surface area contributed by atoms with Gasteiger partial charge in [0, 0.05) is 27.9 Å². The SMILES string of the molecule is CCOc1cc(/C=N/NC(=O)c2ccc(-c3csc(Nc4ccccc4)n3)cc2)cc(Cl)c1OCC(=O)Nc1cc(C)ccc1C. The van der Waals surface area contributed by atoms with Crippen LogP contribution in [0.2, 0.25) is 5.02 Å². The molecule has 4 aromatic carbocycles. The van der Waals surface area contributed by atoms with Crippen LogP contribution in [-0.2, 0) is 4.79 Å². The van der Waals surface area contributed by atoms with Gasteiger partial charge in [-0.25, -0.2) is 10.4 Å². The molecule has 0 fully saturated rings. The number of amides is 2. The van der Waals surface area contributed by atoms with Crippen molar-refractivity contribution in [2.24, 2.45) is 5.10 Å². The van der Waals surface area contributed by atoms with Gasteiger partial charge in [-0.15, -0.1) is 11.3 Å². The van der Waals surface area contributed by atoms with Crippen molar-refractivity contribution in [1.82, 2.24) is 10.4 Å². The van der Waals surface area contributed by atoms with Gasteiger partial charge in [0.05, 0.1) is 23.5 Å². The molecule has 5 aromatic rings. The Morgan fingerprint density at radius 3 is 2.52 bits per heavy atom. The molecular weight excluding hydrogens is 622 g/mol. The predicted octanol–water partition coefficient (Wildman–Crippen LogP) is 8.00. The minimum Gasteiger partial charge on any atom is -0.490 e. The van der Waals surface area contributed by atoms with Crippen LogP contribution < -0.4 is 25.5 Å². The summed E-state index contributed by atoms with van der Waals surface area (Å²) in [6.45, 7) is 5.79. The first-order chi connectivity index (χ1) is 22.3. The molecule has 0 aliphatic rings. The van der Waals surface area contributed by atoms with Gasteiger partial charge < -0.3 is 20.1 Å². The molecule has 0 atom stereocenters. The number of thiazole rings is 1. The molecule has 46 heavy (non-hydrogen) atoms. The van der Waals surface area contributed by atoms with Crippen molar-refractivity contribution in [2.75, 3.05) is 23.8 Å². The molecule has 0 bridgehead atoms. The minimum absolute atomic E-state index is 0.234. The predicted molar refractivity (Wildman–Crippen MR) is 185 cm³/mol. The standard InChI is InChI=1S/C35H32ClN5O4S/c1-4-44-31-18-24(17-28(36)33(31)45-20-32(42)39-29-16-22(2)10-11-23(29)3)19-37-41-34(43)26-14-12-25(13-15-26)30-21-46-35(40-30)38-27-8-6-5-7-9-27/h5-19,21H,4,20H2,1-3H3,(H,38,40)(H,39,42)(H,41,43)/b37-19+. The van der Waals surface area contributed by atoms with E-state index < -0.39 is 0 Å². The fraction of sp³-hybridized carbons (Fsp3) is 0.143. The van der Waals surface area contributed by atoms with E-state index in [-0.39, 0.29) is 29.2 Å². The number of rotatable bonds is 12. The van der Waals surface area contributed by atoms with Crippen molar-refractivity contribution in [3.63, 3.8) is 0 Å². The number of hydrogen-bond acceptors (Lipinski definition) is 8. The van der Waals surface area contributed by atoms with Gasteiger partial charge in [0.15, 0.2) is 23.2 Å². The molecule has 234 valence electrons. The van der Waals surface area contributed by atoms with Crippen molar-refractivity contribution < 1.29 is 19.1 Å². The average molecular weight is 654 g/mol. The van der Waals surface area contributed by atoms with Crippen LogP contribution in [0.25, 0.3) is 11.3 Å². The molecule has 0 radical (unpaired) electrons. The zero-order valence-electron chi connectivity index (χ0n) is 25.5. The van der Waals surface area contributed by atoms with Gasteiger partial charge in [-0.1, -0.05) is 54.1 Å². The van der Waals surface area contributed by atoms with Crippen molar-refractivity contribution in [2.45, 2.75) is 20.8 Å². The number of anilines is 3. The highest BCUT2D eigenvalue weighted by Gasteiger charge is 2.15. The molecule has 0 saturated carbocycles. The summed E-state index contributed by atoms with van der Waals surface area (Å²) in [6.07, 6.45) is 1.45. The number of aromatic nitrogens is 1. The highest BCUT2D eigenvalue weighted by atomic mass is 35.5. The highest BCUT2D eigenvalue weighted by molar-refractivity contribution is 7.14. The van der Waals surface area contributed by atoms with Crippen LogP contribution in [0.15, 0.2) is 95.4 Å². The number of nitrogens with one attached hydrogen (secondary N) is 3. The van der Waals surface area contributed by atoms with E-state index in [9.17, 15) is 9.59 Å². The lowest BCUT2D eigenvalue weighted by Gasteiger charge is -2.15. The Bertz CT molecular complexity index is 1860. The second-order valence-electron chi connectivity index (χ2n) is 10.2. The quantitative estimate of drug-likeness (QED) is 0.0929. The molecular formula is C35H32ClN5O4S. The average Bonchev–Trinajstić information content (AvgIpc) is 3.51. The normalized spacial score (nSPS) is 10.9. The number of halogens is 1. The van der Waals surface area contributed by atoms with Crippen LogP contribution in [0.1, 0.15) is 34.0 Å². The smallest absolute Gasteiger partial charge is 0.271 e. The number of nitrogens with zero attached hydrogens (tertiary/aromatic N) is 2. The van der Waals surface area contributed by atoms with E-state index in [4.69, 9.17) is 21.1 Å². The van der Waals surface area contributed by atoms with Crippen LogP contribution in [0, 0.1) is 13.8 Å². The van der Waals surface area contributed by atoms with Gasteiger partial charge in [-0.05, 0) is 79.9 Å². The zero-order chi connectivity index (χ0) is 32.5. The third kappa shape index (κ3) is 8.50. The molecule has 1 heterocycles. The van der Waals surface area contributed by atoms with Gasteiger partial charge in [0.1, 0.15) is 0 Å². The summed E-state index contributed by atoms with van der Waals surface area (Å²) in [5, 5.41) is 13.2. The van der Waals surface area contributed by atoms with Gasteiger partial charge in [-0.3, -0.25) is 9.59 Å². The Labute approximate surface area is 276 Å². The lowest BCUT2D eigenvalue weighted by molar-refractivity contribution is -0.118. The summed E-state index contributed by atoms with van der Waals surface area (Å²) < 4.78 is 11.5. The fourth-order valence-corrected chi connectivity index (χ4v) is 5.40.